The highest BCUT2D eigenvalue weighted by Crippen LogP contribution is 2.20. The Kier molecular flexibility index (Phi) is 6.63. The van der Waals surface area contributed by atoms with Gasteiger partial charge in [-0.1, -0.05) is 48.5 Å². The van der Waals surface area contributed by atoms with Crippen molar-refractivity contribution in [1.29, 1.82) is 0 Å². The lowest BCUT2D eigenvalue weighted by Crippen LogP contribution is -2.23. The van der Waals surface area contributed by atoms with E-state index >= 15 is 0 Å². The molecule has 0 amide bonds. The topological polar surface area (TPSA) is 58.6 Å². The number of ether oxygens (including phenoxy) is 1. The second-order valence-electron chi connectivity index (χ2n) is 5.38. The average molecular weight is 313 g/mol. The van der Waals surface area contributed by atoms with E-state index in [1.165, 1.54) is 0 Å². The molecule has 1 unspecified atom stereocenters. The van der Waals surface area contributed by atoms with Gasteiger partial charge in [-0.3, -0.25) is 4.79 Å². The Labute approximate surface area is 137 Å². The summed E-state index contributed by atoms with van der Waals surface area (Å²) >= 11 is 0. The number of aliphatic carboxylic acids is 1. The highest BCUT2D eigenvalue weighted by atomic mass is 16.5. The Morgan fingerprint density at radius 1 is 1.13 bits per heavy atom. The molecule has 4 nitrogen and oxygen atoms in total. The van der Waals surface area contributed by atoms with Crippen molar-refractivity contribution in [3.05, 3.63) is 65.7 Å². The van der Waals surface area contributed by atoms with E-state index in [0.29, 0.717) is 19.7 Å². The molecule has 0 aliphatic rings. The zero-order valence-corrected chi connectivity index (χ0v) is 13.4. The number of hydrogen-bond donors (Lipinski definition) is 2. The summed E-state index contributed by atoms with van der Waals surface area (Å²) in [6.07, 6.45) is 0.115. The molecule has 0 fully saturated rings. The number of carboxylic acid groups (broad SMARTS) is 1. The van der Waals surface area contributed by atoms with E-state index < -0.39 is 5.97 Å². The molecule has 2 N–H and O–H groups in total. The number of rotatable bonds is 9. The summed E-state index contributed by atoms with van der Waals surface area (Å²) in [5, 5.41) is 12.5. The van der Waals surface area contributed by atoms with Crippen LogP contribution in [0.5, 0.6) is 5.75 Å². The van der Waals surface area contributed by atoms with Crippen LogP contribution in [-0.4, -0.2) is 24.2 Å². The van der Waals surface area contributed by atoms with E-state index in [4.69, 9.17) is 9.84 Å². The molecule has 0 saturated carbocycles. The van der Waals surface area contributed by atoms with Gasteiger partial charge in [-0.25, -0.2) is 0 Å². The van der Waals surface area contributed by atoms with Gasteiger partial charge in [0.15, 0.2) is 0 Å². The molecule has 0 spiro atoms. The molecule has 2 aromatic carbocycles. The molecule has 2 aromatic rings. The second-order valence-corrected chi connectivity index (χ2v) is 5.38. The largest absolute Gasteiger partial charge is 0.494 e. The van der Waals surface area contributed by atoms with Crippen LogP contribution in [-0.2, 0) is 11.3 Å². The van der Waals surface area contributed by atoms with Gasteiger partial charge >= 0.3 is 5.97 Å². The first-order valence-electron chi connectivity index (χ1n) is 7.89. The first kappa shape index (κ1) is 17.0. The molecule has 122 valence electrons. The summed E-state index contributed by atoms with van der Waals surface area (Å²) < 4.78 is 5.61. The third kappa shape index (κ3) is 5.42. The van der Waals surface area contributed by atoms with Crippen molar-refractivity contribution in [3.8, 4) is 5.75 Å². The van der Waals surface area contributed by atoms with Crippen LogP contribution in [0.1, 0.15) is 30.4 Å². The molecule has 0 saturated heterocycles. The molecule has 0 heterocycles. The number of carboxylic acids is 1. The zero-order chi connectivity index (χ0) is 16.5. The van der Waals surface area contributed by atoms with Crippen molar-refractivity contribution in [2.24, 2.45) is 0 Å². The molecule has 4 heteroatoms. The third-order valence-electron chi connectivity index (χ3n) is 3.67. The van der Waals surface area contributed by atoms with E-state index in [9.17, 15) is 4.79 Å². The molecule has 23 heavy (non-hydrogen) atoms. The summed E-state index contributed by atoms with van der Waals surface area (Å²) in [5.41, 5.74) is 2.12. The number of carbonyl (C=O) groups is 1. The predicted molar refractivity (Wildman–Crippen MR) is 90.8 cm³/mol. The molecule has 1 atom stereocenters. The predicted octanol–water partition coefficient (Wildman–Crippen LogP) is 3.43. The highest BCUT2D eigenvalue weighted by Gasteiger charge is 2.15. The molecular weight excluding hydrogens is 290 g/mol. The van der Waals surface area contributed by atoms with Crippen LogP contribution in [0.2, 0.25) is 0 Å². The number of para-hydroxylation sites is 1. The smallest absolute Gasteiger partial charge is 0.304 e. The Balaban J connectivity index is 1.98. The highest BCUT2D eigenvalue weighted by molar-refractivity contribution is 5.68. The molecule has 0 bridgehead atoms. The van der Waals surface area contributed by atoms with Gasteiger partial charge in [-0.05, 0) is 18.6 Å². The third-order valence-corrected chi connectivity index (χ3v) is 3.67. The lowest BCUT2D eigenvalue weighted by Gasteiger charge is -2.17. The molecule has 0 radical (unpaired) electrons. The van der Waals surface area contributed by atoms with Crippen molar-refractivity contribution in [1.82, 2.24) is 5.32 Å². The van der Waals surface area contributed by atoms with Crippen LogP contribution in [0.25, 0.3) is 0 Å². The van der Waals surface area contributed by atoms with Gasteiger partial charge in [-0.2, -0.15) is 0 Å². The first-order chi connectivity index (χ1) is 11.2. The van der Waals surface area contributed by atoms with Crippen molar-refractivity contribution >= 4 is 5.97 Å². The number of benzene rings is 2. The van der Waals surface area contributed by atoms with E-state index in [2.05, 4.69) is 5.32 Å². The van der Waals surface area contributed by atoms with Gasteiger partial charge in [0, 0.05) is 24.6 Å². The molecule has 0 aliphatic heterocycles. The van der Waals surface area contributed by atoms with Crippen molar-refractivity contribution in [3.63, 3.8) is 0 Å². The fraction of sp³-hybridized carbons (Fsp3) is 0.316. The lowest BCUT2D eigenvalue weighted by atomic mass is 9.95. The molecular formula is C19H23NO3. The van der Waals surface area contributed by atoms with Crippen molar-refractivity contribution in [2.75, 3.05) is 13.2 Å². The maximum absolute atomic E-state index is 11.1. The van der Waals surface area contributed by atoms with E-state index in [0.717, 1.165) is 16.9 Å². The summed E-state index contributed by atoms with van der Waals surface area (Å²) in [4.78, 5) is 11.1. The van der Waals surface area contributed by atoms with Crippen LogP contribution >= 0.6 is 0 Å². The molecule has 0 aliphatic carbocycles. The van der Waals surface area contributed by atoms with Gasteiger partial charge in [-0.15, -0.1) is 0 Å². The monoisotopic (exact) mass is 313 g/mol. The van der Waals surface area contributed by atoms with Crippen LogP contribution < -0.4 is 10.1 Å². The Bertz CT molecular complexity index is 613. The fourth-order valence-corrected chi connectivity index (χ4v) is 2.57. The van der Waals surface area contributed by atoms with Crippen LogP contribution in [0.15, 0.2) is 54.6 Å². The molecule has 2 rings (SSSR count). The van der Waals surface area contributed by atoms with E-state index in [1.54, 1.807) is 0 Å². The summed E-state index contributed by atoms with van der Waals surface area (Å²) in [5.74, 6) is 0.0420. The Morgan fingerprint density at radius 3 is 2.52 bits per heavy atom. The normalized spacial score (nSPS) is 11.9. The maximum atomic E-state index is 11.1. The Morgan fingerprint density at radius 2 is 1.83 bits per heavy atom. The number of nitrogens with one attached hydrogen (secondary N) is 1. The first-order valence-corrected chi connectivity index (χ1v) is 7.89. The number of hydrogen-bond acceptors (Lipinski definition) is 3. The standard InChI is InChI=1S/C19H23NO3/c1-2-23-18-11-7-6-10-16(18)13-20-14-17(12-19(21)22)15-8-4-3-5-9-15/h3-11,17,20H,2,12-14H2,1H3,(H,21,22). The summed E-state index contributed by atoms with van der Waals surface area (Å²) in [7, 11) is 0. The SMILES string of the molecule is CCOc1ccccc1CNCC(CC(=O)O)c1ccccc1. The van der Waals surface area contributed by atoms with Gasteiger partial charge in [0.1, 0.15) is 5.75 Å². The average Bonchev–Trinajstić information content (AvgIpc) is 2.56. The van der Waals surface area contributed by atoms with Gasteiger partial charge in [0.25, 0.3) is 0 Å². The summed E-state index contributed by atoms with van der Waals surface area (Å²) in [6.45, 7) is 3.85. The quantitative estimate of drug-likeness (QED) is 0.744. The van der Waals surface area contributed by atoms with Gasteiger partial charge in [0.2, 0.25) is 0 Å². The van der Waals surface area contributed by atoms with Gasteiger partial charge < -0.3 is 15.2 Å². The van der Waals surface area contributed by atoms with Crippen molar-refractivity contribution in [2.45, 2.75) is 25.8 Å². The minimum Gasteiger partial charge on any atom is -0.494 e. The minimum atomic E-state index is -0.782. The minimum absolute atomic E-state index is 0.0482. The van der Waals surface area contributed by atoms with Gasteiger partial charge in [0.05, 0.1) is 13.0 Å². The molecule has 0 aromatic heterocycles. The second kappa shape index (κ2) is 8.96. The lowest BCUT2D eigenvalue weighted by molar-refractivity contribution is -0.137. The van der Waals surface area contributed by atoms with Crippen LogP contribution in [0, 0.1) is 0 Å². The van der Waals surface area contributed by atoms with Crippen LogP contribution in [0.4, 0.5) is 0 Å². The fourth-order valence-electron chi connectivity index (χ4n) is 2.57. The summed E-state index contributed by atoms with van der Waals surface area (Å²) in [6, 6.07) is 17.7. The Hall–Kier alpha value is -2.33. The van der Waals surface area contributed by atoms with E-state index in [1.807, 2.05) is 61.5 Å². The van der Waals surface area contributed by atoms with Crippen LogP contribution in [0.3, 0.4) is 0 Å². The van der Waals surface area contributed by atoms with Crippen molar-refractivity contribution < 1.29 is 14.6 Å². The maximum Gasteiger partial charge on any atom is 0.304 e. The zero-order valence-electron chi connectivity index (χ0n) is 13.4. The van der Waals surface area contributed by atoms with E-state index in [-0.39, 0.29) is 12.3 Å².